The maximum atomic E-state index is 9.31. The molecule has 90 valence electrons. The van der Waals surface area contributed by atoms with Crippen molar-refractivity contribution in [1.29, 1.82) is 0 Å². The lowest BCUT2D eigenvalue weighted by Crippen LogP contribution is -2.39. The van der Waals surface area contributed by atoms with Gasteiger partial charge in [-0.05, 0) is 51.0 Å². The van der Waals surface area contributed by atoms with Crippen LogP contribution in [0, 0.1) is 0 Å². The molecule has 0 radical (unpaired) electrons. The van der Waals surface area contributed by atoms with Crippen molar-refractivity contribution in [3.05, 3.63) is 24.3 Å². The Morgan fingerprint density at radius 2 is 1.44 bits per heavy atom. The molecule has 0 aliphatic rings. The number of aromatic hydroxyl groups is 1. The Hall–Kier alpha value is -1.18. The zero-order chi connectivity index (χ0) is 12.1. The average Bonchev–Trinajstić information content (AvgIpc) is 2.31. The Kier molecular flexibility index (Phi) is 4.66. The minimum absolute atomic E-state index is 0.331. The minimum Gasteiger partial charge on any atom is -0.508 e. The Morgan fingerprint density at radius 3 is 1.81 bits per heavy atom. The second-order valence-electron chi connectivity index (χ2n) is 4.44. The first-order valence-electron chi connectivity index (χ1n) is 6.17. The van der Waals surface area contributed by atoms with Gasteiger partial charge in [-0.25, -0.2) is 0 Å². The summed E-state index contributed by atoms with van der Waals surface area (Å²) in [4.78, 5) is 2.43. The lowest BCUT2D eigenvalue weighted by Gasteiger charge is -2.36. The highest BCUT2D eigenvalue weighted by atomic mass is 16.3. The molecule has 2 atom stereocenters. The molecule has 0 saturated carbocycles. The van der Waals surface area contributed by atoms with E-state index in [0.29, 0.717) is 17.8 Å². The summed E-state index contributed by atoms with van der Waals surface area (Å²) in [6.07, 6.45) is 2.26. The van der Waals surface area contributed by atoms with E-state index < -0.39 is 0 Å². The molecule has 16 heavy (non-hydrogen) atoms. The Bertz CT molecular complexity index is 297. The summed E-state index contributed by atoms with van der Waals surface area (Å²) < 4.78 is 0. The van der Waals surface area contributed by atoms with Crippen LogP contribution in [0.3, 0.4) is 0 Å². The van der Waals surface area contributed by atoms with E-state index in [2.05, 4.69) is 32.6 Å². The summed E-state index contributed by atoms with van der Waals surface area (Å²) >= 11 is 0. The normalized spacial score (nSPS) is 14.5. The number of anilines is 1. The molecular formula is C14H23NO. The van der Waals surface area contributed by atoms with Crippen molar-refractivity contribution in [1.82, 2.24) is 0 Å². The fourth-order valence-electron chi connectivity index (χ4n) is 1.96. The third-order valence-electron chi connectivity index (χ3n) is 3.28. The standard InChI is InChI=1S/C14H23NO/c1-5-11(3)15(12(4)6-2)13-7-9-14(16)10-8-13/h7-12,16H,5-6H2,1-4H3. The fraction of sp³-hybridized carbons (Fsp3) is 0.571. The van der Waals surface area contributed by atoms with E-state index in [9.17, 15) is 5.11 Å². The van der Waals surface area contributed by atoms with Crippen molar-refractivity contribution < 1.29 is 5.11 Å². The fourth-order valence-corrected chi connectivity index (χ4v) is 1.96. The summed E-state index contributed by atoms with van der Waals surface area (Å²) in [7, 11) is 0. The van der Waals surface area contributed by atoms with E-state index in [0.717, 1.165) is 12.8 Å². The molecule has 0 amide bonds. The first-order chi connectivity index (χ1) is 7.60. The van der Waals surface area contributed by atoms with Crippen molar-refractivity contribution >= 4 is 5.69 Å². The first-order valence-corrected chi connectivity index (χ1v) is 6.17. The van der Waals surface area contributed by atoms with Gasteiger partial charge in [0, 0.05) is 17.8 Å². The van der Waals surface area contributed by atoms with Gasteiger partial charge in [-0.1, -0.05) is 13.8 Å². The molecule has 1 aromatic carbocycles. The van der Waals surface area contributed by atoms with E-state index in [4.69, 9.17) is 0 Å². The summed E-state index contributed by atoms with van der Waals surface area (Å²) in [5.41, 5.74) is 1.20. The largest absolute Gasteiger partial charge is 0.508 e. The third-order valence-corrected chi connectivity index (χ3v) is 3.28. The van der Waals surface area contributed by atoms with Crippen molar-refractivity contribution in [2.24, 2.45) is 0 Å². The zero-order valence-corrected chi connectivity index (χ0v) is 10.8. The second-order valence-corrected chi connectivity index (χ2v) is 4.44. The summed E-state index contributed by atoms with van der Waals surface area (Å²) in [5, 5.41) is 9.31. The van der Waals surface area contributed by atoms with Crippen LogP contribution in [0.5, 0.6) is 5.75 Å². The van der Waals surface area contributed by atoms with Gasteiger partial charge in [0.2, 0.25) is 0 Å². The lowest BCUT2D eigenvalue weighted by molar-refractivity contribution is 0.474. The molecule has 1 rings (SSSR count). The van der Waals surface area contributed by atoms with E-state index in [-0.39, 0.29) is 0 Å². The Labute approximate surface area is 98.9 Å². The Morgan fingerprint density at radius 1 is 1.00 bits per heavy atom. The highest BCUT2D eigenvalue weighted by Gasteiger charge is 2.17. The number of nitrogens with zero attached hydrogens (tertiary/aromatic N) is 1. The van der Waals surface area contributed by atoms with Gasteiger partial charge in [-0.2, -0.15) is 0 Å². The molecule has 0 aliphatic heterocycles. The van der Waals surface area contributed by atoms with Crippen molar-refractivity contribution in [2.45, 2.75) is 52.6 Å². The van der Waals surface area contributed by atoms with Crippen LogP contribution in [0.1, 0.15) is 40.5 Å². The smallest absolute Gasteiger partial charge is 0.115 e. The minimum atomic E-state index is 0.331. The maximum absolute atomic E-state index is 9.31. The van der Waals surface area contributed by atoms with Crippen LogP contribution < -0.4 is 4.90 Å². The van der Waals surface area contributed by atoms with Gasteiger partial charge in [0.15, 0.2) is 0 Å². The van der Waals surface area contributed by atoms with Gasteiger partial charge in [0.1, 0.15) is 5.75 Å². The highest BCUT2D eigenvalue weighted by molar-refractivity contribution is 5.50. The summed E-state index contributed by atoms with van der Waals surface area (Å²) in [6, 6.07) is 8.56. The molecule has 2 nitrogen and oxygen atoms in total. The van der Waals surface area contributed by atoms with Crippen LogP contribution in [0.2, 0.25) is 0 Å². The monoisotopic (exact) mass is 221 g/mol. The SMILES string of the molecule is CCC(C)N(c1ccc(O)cc1)C(C)CC. The molecule has 0 spiro atoms. The molecule has 0 saturated heterocycles. The van der Waals surface area contributed by atoms with Crippen LogP contribution in [-0.4, -0.2) is 17.2 Å². The number of phenols is 1. The van der Waals surface area contributed by atoms with Crippen LogP contribution in [0.25, 0.3) is 0 Å². The molecule has 0 bridgehead atoms. The van der Waals surface area contributed by atoms with Gasteiger partial charge in [0.25, 0.3) is 0 Å². The van der Waals surface area contributed by atoms with E-state index in [1.165, 1.54) is 5.69 Å². The zero-order valence-electron chi connectivity index (χ0n) is 10.8. The molecule has 2 heteroatoms. The van der Waals surface area contributed by atoms with Crippen LogP contribution in [0.4, 0.5) is 5.69 Å². The van der Waals surface area contributed by atoms with Gasteiger partial charge in [-0.3, -0.25) is 0 Å². The van der Waals surface area contributed by atoms with Crippen LogP contribution in [-0.2, 0) is 0 Å². The first kappa shape index (κ1) is 12.9. The lowest BCUT2D eigenvalue weighted by atomic mass is 10.1. The van der Waals surface area contributed by atoms with Crippen molar-refractivity contribution in [2.75, 3.05) is 4.90 Å². The maximum Gasteiger partial charge on any atom is 0.115 e. The van der Waals surface area contributed by atoms with E-state index in [1.807, 2.05) is 12.1 Å². The van der Waals surface area contributed by atoms with Gasteiger partial charge in [0.05, 0.1) is 0 Å². The Balaban J connectivity index is 2.96. The number of benzene rings is 1. The molecule has 0 aromatic heterocycles. The topological polar surface area (TPSA) is 23.5 Å². The number of rotatable bonds is 5. The molecule has 0 heterocycles. The molecular weight excluding hydrogens is 198 g/mol. The highest BCUT2D eigenvalue weighted by Crippen LogP contribution is 2.24. The van der Waals surface area contributed by atoms with Gasteiger partial charge in [-0.15, -0.1) is 0 Å². The van der Waals surface area contributed by atoms with Crippen LogP contribution >= 0.6 is 0 Å². The number of hydrogen-bond donors (Lipinski definition) is 1. The van der Waals surface area contributed by atoms with Crippen molar-refractivity contribution in [3.63, 3.8) is 0 Å². The predicted octanol–water partition coefficient (Wildman–Crippen LogP) is 3.80. The van der Waals surface area contributed by atoms with Crippen molar-refractivity contribution in [3.8, 4) is 5.75 Å². The third kappa shape index (κ3) is 2.91. The summed E-state index contributed by atoms with van der Waals surface area (Å²) in [5.74, 6) is 0.331. The molecule has 1 aromatic rings. The average molecular weight is 221 g/mol. The number of phenolic OH excluding ortho intramolecular Hbond substituents is 1. The summed E-state index contributed by atoms with van der Waals surface area (Å²) in [6.45, 7) is 8.92. The molecule has 2 unspecified atom stereocenters. The molecule has 1 N–H and O–H groups in total. The molecule has 0 aliphatic carbocycles. The predicted molar refractivity (Wildman–Crippen MR) is 70.1 cm³/mol. The van der Waals surface area contributed by atoms with Gasteiger partial charge < -0.3 is 10.0 Å². The second kappa shape index (κ2) is 5.78. The van der Waals surface area contributed by atoms with E-state index in [1.54, 1.807) is 12.1 Å². The molecule has 0 fully saturated rings. The van der Waals surface area contributed by atoms with Gasteiger partial charge >= 0.3 is 0 Å². The van der Waals surface area contributed by atoms with Crippen LogP contribution in [0.15, 0.2) is 24.3 Å². The van der Waals surface area contributed by atoms with E-state index >= 15 is 0 Å². The number of hydrogen-bond acceptors (Lipinski definition) is 2. The quantitative estimate of drug-likeness (QED) is 0.817.